The lowest BCUT2D eigenvalue weighted by molar-refractivity contribution is -0.114. The van der Waals surface area contributed by atoms with E-state index in [1.54, 1.807) is 0 Å². The molecule has 2 aromatic carbocycles. The van der Waals surface area contributed by atoms with Crippen LogP contribution in [0.5, 0.6) is 0 Å². The summed E-state index contributed by atoms with van der Waals surface area (Å²) >= 11 is 0. The quantitative estimate of drug-likeness (QED) is 0.795. The summed E-state index contributed by atoms with van der Waals surface area (Å²) in [5.74, 6) is -0.0427. The number of aryl methyl sites for hydroxylation is 2. The zero-order chi connectivity index (χ0) is 15.8. The smallest absolute Gasteiger partial charge is 0.243 e. The standard InChI is InChI=1S/C19H24N2O/c1-3-4-5-16-8-12-17(13-9-16)20-14-19(22)21-18-10-6-15(2)7-11-18/h6-13,20H,3-5,14H2,1-2H3,(H,21,22). The van der Waals surface area contributed by atoms with Gasteiger partial charge in [-0.15, -0.1) is 0 Å². The lowest BCUT2D eigenvalue weighted by Crippen LogP contribution is -2.21. The minimum atomic E-state index is -0.0427. The predicted molar refractivity (Wildman–Crippen MR) is 93.4 cm³/mol. The van der Waals surface area contributed by atoms with Crippen molar-refractivity contribution in [1.29, 1.82) is 0 Å². The summed E-state index contributed by atoms with van der Waals surface area (Å²) in [6.45, 7) is 4.49. The number of rotatable bonds is 7. The molecule has 0 aliphatic carbocycles. The van der Waals surface area contributed by atoms with Crippen molar-refractivity contribution in [3.8, 4) is 0 Å². The molecule has 3 heteroatoms. The van der Waals surface area contributed by atoms with Gasteiger partial charge >= 0.3 is 0 Å². The average Bonchev–Trinajstić information content (AvgIpc) is 2.54. The van der Waals surface area contributed by atoms with Gasteiger partial charge in [0, 0.05) is 11.4 Å². The van der Waals surface area contributed by atoms with Crippen molar-refractivity contribution in [3.05, 3.63) is 59.7 Å². The second kappa shape index (κ2) is 8.23. The van der Waals surface area contributed by atoms with Crippen LogP contribution in [0, 0.1) is 6.92 Å². The second-order valence-electron chi connectivity index (χ2n) is 5.57. The van der Waals surface area contributed by atoms with Crippen LogP contribution >= 0.6 is 0 Å². The molecule has 0 heterocycles. The number of benzene rings is 2. The zero-order valence-corrected chi connectivity index (χ0v) is 13.4. The monoisotopic (exact) mass is 296 g/mol. The van der Waals surface area contributed by atoms with Gasteiger partial charge in [-0.05, 0) is 49.6 Å². The Balaban J connectivity index is 1.79. The van der Waals surface area contributed by atoms with Crippen LogP contribution in [-0.4, -0.2) is 12.5 Å². The van der Waals surface area contributed by atoms with E-state index in [0.29, 0.717) is 0 Å². The number of hydrogen-bond donors (Lipinski definition) is 2. The molecule has 116 valence electrons. The van der Waals surface area contributed by atoms with E-state index in [9.17, 15) is 4.79 Å². The lowest BCUT2D eigenvalue weighted by atomic mass is 10.1. The van der Waals surface area contributed by atoms with Crippen LogP contribution in [-0.2, 0) is 11.2 Å². The van der Waals surface area contributed by atoms with Crippen LogP contribution < -0.4 is 10.6 Å². The lowest BCUT2D eigenvalue weighted by Gasteiger charge is -2.09. The van der Waals surface area contributed by atoms with E-state index in [1.165, 1.54) is 24.0 Å². The first-order chi connectivity index (χ1) is 10.7. The molecule has 1 amide bonds. The Hall–Kier alpha value is -2.29. The van der Waals surface area contributed by atoms with Crippen LogP contribution in [0.15, 0.2) is 48.5 Å². The molecule has 0 saturated heterocycles. The Bertz CT molecular complexity index is 588. The third-order valence-electron chi connectivity index (χ3n) is 3.56. The SMILES string of the molecule is CCCCc1ccc(NCC(=O)Nc2ccc(C)cc2)cc1. The summed E-state index contributed by atoms with van der Waals surface area (Å²) in [4.78, 5) is 11.9. The number of amides is 1. The highest BCUT2D eigenvalue weighted by Crippen LogP contribution is 2.12. The highest BCUT2D eigenvalue weighted by Gasteiger charge is 2.02. The van der Waals surface area contributed by atoms with Crippen molar-refractivity contribution < 1.29 is 4.79 Å². The first-order valence-corrected chi connectivity index (χ1v) is 7.86. The average molecular weight is 296 g/mol. The van der Waals surface area contributed by atoms with Gasteiger partial charge in [0.1, 0.15) is 0 Å². The molecule has 0 atom stereocenters. The molecular weight excluding hydrogens is 272 g/mol. The fourth-order valence-electron chi connectivity index (χ4n) is 2.19. The number of anilines is 2. The first kappa shape index (κ1) is 16.1. The van der Waals surface area contributed by atoms with Crippen LogP contribution in [0.2, 0.25) is 0 Å². The molecule has 22 heavy (non-hydrogen) atoms. The Morgan fingerprint density at radius 1 is 0.955 bits per heavy atom. The van der Waals surface area contributed by atoms with Crippen LogP contribution in [0.1, 0.15) is 30.9 Å². The topological polar surface area (TPSA) is 41.1 Å². The van der Waals surface area contributed by atoms with Crippen LogP contribution in [0.4, 0.5) is 11.4 Å². The molecule has 0 radical (unpaired) electrons. The van der Waals surface area contributed by atoms with Crippen molar-refractivity contribution in [2.75, 3.05) is 17.2 Å². The molecule has 0 unspecified atom stereocenters. The minimum absolute atomic E-state index is 0.0427. The molecule has 0 aliphatic heterocycles. The van der Waals surface area contributed by atoms with Crippen molar-refractivity contribution in [1.82, 2.24) is 0 Å². The number of unbranched alkanes of at least 4 members (excludes halogenated alkanes) is 1. The summed E-state index contributed by atoms with van der Waals surface area (Å²) in [7, 11) is 0. The fraction of sp³-hybridized carbons (Fsp3) is 0.316. The van der Waals surface area contributed by atoms with Gasteiger partial charge in [-0.25, -0.2) is 0 Å². The van der Waals surface area contributed by atoms with Crippen LogP contribution in [0.25, 0.3) is 0 Å². The van der Waals surface area contributed by atoms with Gasteiger partial charge in [-0.1, -0.05) is 43.2 Å². The minimum Gasteiger partial charge on any atom is -0.376 e. The summed E-state index contributed by atoms with van der Waals surface area (Å²) in [5, 5.41) is 6.02. The molecule has 2 N–H and O–H groups in total. The number of carbonyl (C=O) groups is 1. The normalized spacial score (nSPS) is 10.3. The number of hydrogen-bond acceptors (Lipinski definition) is 2. The molecule has 2 rings (SSSR count). The van der Waals surface area contributed by atoms with E-state index in [4.69, 9.17) is 0 Å². The van der Waals surface area contributed by atoms with E-state index in [0.717, 1.165) is 17.8 Å². The Morgan fingerprint density at radius 3 is 2.23 bits per heavy atom. The summed E-state index contributed by atoms with van der Waals surface area (Å²) in [6, 6.07) is 16.1. The second-order valence-corrected chi connectivity index (χ2v) is 5.57. The van der Waals surface area contributed by atoms with Gasteiger partial charge in [-0.2, -0.15) is 0 Å². The molecule has 0 aliphatic rings. The highest BCUT2D eigenvalue weighted by molar-refractivity contribution is 5.93. The fourth-order valence-corrected chi connectivity index (χ4v) is 2.19. The Morgan fingerprint density at radius 2 is 1.59 bits per heavy atom. The third-order valence-corrected chi connectivity index (χ3v) is 3.56. The predicted octanol–water partition coefficient (Wildman–Crippen LogP) is 4.39. The van der Waals surface area contributed by atoms with Gasteiger partial charge in [0.2, 0.25) is 5.91 Å². The largest absolute Gasteiger partial charge is 0.376 e. The maximum Gasteiger partial charge on any atom is 0.243 e. The van der Waals surface area contributed by atoms with Gasteiger partial charge in [0.05, 0.1) is 6.54 Å². The molecule has 0 fully saturated rings. The molecule has 0 spiro atoms. The van der Waals surface area contributed by atoms with E-state index in [2.05, 4.69) is 29.7 Å². The number of carbonyl (C=O) groups excluding carboxylic acids is 1. The van der Waals surface area contributed by atoms with Gasteiger partial charge in [0.15, 0.2) is 0 Å². The molecular formula is C19H24N2O. The van der Waals surface area contributed by atoms with Crippen molar-refractivity contribution in [2.45, 2.75) is 33.1 Å². The molecule has 0 aromatic heterocycles. The highest BCUT2D eigenvalue weighted by atomic mass is 16.1. The maximum atomic E-state index is 11.9. The van der Waals surface area contributed by atoms with E-state index < -0.39 is 0 Å². The first-order valence-electron chi connectivity index (χ1n) is 7.86. The Kier molecular flexibility index (Phi) is 6.01. The molecule has 2 aromatic rings. The molecule has 3 nitrogen and oxygen atoms in total. The van der Waals surface area contributed by atoms with Crippen molar-refractivity contribution >= 4 is 17.3 Å². The van der Waals surface area contributed by atoms with Gasteiger partial charge in [0.25, 0.3) is 0 Å². The van der Waals surface area contributed by atoms with E-state index >= 15 is 0 Å². The summed E-state index contributed by atoms with van der Waals surface area (Å²) in [6.07, 6.45) is 3.54. The summed E-state index contributed by atoms with van der Waals surface area (Å²) in [5.41, 5.74) is 4.32. The molecule has 0 saturated carbocycles. The van der Waals surface area contributed by atoms with Crippen molar-refractivity contribution in [2.24, 2.45) is 0 Å². The summed E-state index contributed by atoms with van der Waals surface area (Å²) < 4.78 is 0. The van der Waals surface area contributed by atoms with Crippen molar-refractivity contribution in [3.63, 3.8) is 0 Å². The third kappa shape index (κ3) is 5.24. The van der Waals surface area contributed by atoms with Crippen LogP contribution in [0.3, 0.4) is 0 Å². The maximum absolute atomic E-state index is 11.9. The molecule has 0 bridgehead atoms. The zero-order valence-electron chi connectivity index (χ0n) is 13.4. The Labute approximate surface area is 132 Å². The van der Waals surface area contributed by atoms with Gasteiger partial charge in [-0.3, -0.25) is 4.79 Å². The van der Waals surface area contributed by atoms with E-state index in [1.807, 2.05) is 43.3 Å². The number of nitrogens with one attached hydrogen (secondary N) is 2. The van der Waals surface area contributed by atoms with Gasteiger partial charge < -0.3 is 10.6 Å². The van der Waals surface area contributed by atoms with E-state index in [-0.39, 0.29) is 12.5 Å².